The first-order chi connectivity index (χ1) is 37.5. The fraction of sp³-hybridized carbons (Fsp3) is 0.821. The Morgan fingerprint density at radius 3 is 1.10 bits per heavy atom. The number of nitrogens with zero attached hydrogens (tertiary/aromatic N) is 1. The molecule has 9 nitrogen and oxygen atoms in total. The van der Waals surface area contributed by atoms with Crippen molar-refractivity contribution in [3.63, 3.8) is 0 Å². The van der Waals surface area contributed by atoms with Gasteiger partial charge in [-0.1, -0.05) is 293 Å². The van der Waals surface area contributed by atoms with E-state index >= 15 is 0 Å². The number of quaternary nitrogens is 1. The summed E-state index contributed by atoms with van der Waals surface area (Å²) < 4.78 is 34.6. The second kappa shape index (κ2) is 58.4. The molecule has 0 aliphatic rings. The van der Waals surface area contributed by atoms with Crippen molar-refractivity contribution in [1.82, 2.24) is 0 Å². The molecule has 0 heterocycles. The molecule has 0 aliphatic carbocycles. The molecule has 2 unspecified atom stereocenters. The Balaban J connectivity index is 4.04. The van der Waals surface area contributed by atoms with Gasteiger partial charge in [-0.25, -0.2) is 4.57 Å². The molecule has 0 radical (unpaired) electrons. The Hall–Kier alpha value is -2.29. The molecule has 0 aromatic heterocycles. The van der Waals surface area contributed by atoms with Gasteiger partial charge >= 0.3 is 19.8 Å². The highest BCUT2D eigenvalue weighted by Gasteiger charge is 2.27. The number of hydrogen-bond donors (Lipinski definition) is 1. The average molecular weight is 1100 g/mol. The first-order valence-corrected chi connectivity index (χ1v) is 34.0. The maximum atomic E-state index is 12.8. The first kappa shape index (κ1) is 74.7. The van der Waals surface area contributed by atoms with E-state index in [2.05, 4.69) is 74.6 Å². The summed E-state index contributed by atoms with van der Waals surface area (Å²) in [6.45, 7) is 4.34. The minimum Gasteiger partial charge on any atom is -0.462 e. The van der Waals surface area contributed by atoms with Crippen molar-refractivity contribution >= 4 is 19.8 Å². The van der Waals surface area contributed by atoms with Crippen molar-refractivity contribution in [3.8, 4) is 0 Å². The van der Waals surface area contributed by atoms with Crippen LogP contribution < -0.4 is 0 Å². The number of unbranched alkanes of at least 4 members (excludes halogenated alkanes) is 36. The summed E-state index contributed by atoms with van der Waals surface area (Å²) in [5, 5.41) is 0. The van der Waals surface area contributed by atoms with Crippen molar-refractivity contribution in [1.29, 1.82) is 0 Å². The predicted molar refractivity (Wildman–Crippen MR) is 330 cm³/mol. The van der Waals surface area contributed by atoms with Gasteiger partial charge in [0, 0.05) is 12.8 Å². The van der Waals surface area contributed by atoms with Crippen LogP contribution in [0.15, 0.2) is 60.8 Å². The molecule has 0 aliphatic heterocycles. The topological polar surface area (TPSA) is 108 Å². The second-order valence-corrected chi connectivity index (χ2v) is 24.6. The lowest BCUT2D eigenvalue weighted by Gasteiger charge is -2.24. The van der Waals surface area contributed by atoms with Crippen LogP contribution in [0.5, 0.6) is 0 Å². The van der Waals surface area contributed by atoms with E-state index in [0.29, 0.717) is 17.4 Å². The predicted octanol–water partition coefficient (Wildman–Crippen LogP) is 20.7. The fourth-order valence-electron chi connectivity index (χ4n) is 9.34. The van der Waals surface area contributed by atoms with Crippen molar-refractivity contribution < 1.29 is 42.1 Å². The number of likely N-dealkylation sites (N-methyl/N-ethyl adjacent to an activating group) is 1. The number of phosphoric acid groups is 1. The SMILES string of the molecule is CC/C=C\C/C=C\C/C=C\C/C=C\C/C=C\CCCCCCCC(=O)OC(COC(=O)CCCCCCCCCCCCCCCCCCCCCCCCCCCCCCCCCC)COP(=O)(O)OCC[N+](C)(C)C. The standard InChI is InChI=1S/C67H124NO8P/c1-6-8-10-12-14-16-18-20-22-24-26-28-29-30-31-32-33-34-35-36-37-38-40-41-43-45-47-49-51-53-55-57-59-66(69)73-63-65(64-75-77(71,72)74-62-61-68(3,4)5)76-67(70)60-58-56-54-52-50-48-46-44-42-39-27-25-23-21-19-17-15-13-11-9-7-2/h9,11,15,17,21,23,27,39,44,46,65H,6-8,10,12-14,16,18-20,22,24-26,28-38,40-43,45,47-64H2,1-5H3/p+1/b11-9-,17-15-,23-21-,39-27-,46-44-. The second-order valence-electron chi connectivity index (χ2n) is 23.1. The van der Waals surface area contributed by atoms with Crippen LogP contribution in [0, 0.1) is 0 Å². The van der Waals surface area contributed by atoms with Gasteiger partial charge in [0.2, 0.25) is 0 Å². The number of hydrogen-bond acceptors (Lipinski definition) is 7. The molecule has 0 saturated carbocycles. The minimum atomic E-state index is -4.40. The third-order valence-corrected chi connectivity index (χ3v) is 15.3. The van der Waals surface area contributed by atoms with Gasteiger partial charge in [-0.05, 0) is 57.8 Å². The maximum Gasteiger partial charge on any atom is 0.472 e. The van der Waals surface area contributed by atoms with E-state index in [0.717, 1.165) is 83.5 Å². The zero-order valence-electron chi connectivity index (χ0n) is 51.2. The van der Waals surface area contributed by atoms with E-state index in [1.165, 1.54) is 186 Å². The summed E-state index contributed by atoms with van der Waals surface area (Å²) >= 11 is 0. The third-order valence-electron chi connectivity index (χ3n) is 14.3. The van der Waals surface area contributed by atoms with Gasteiger partial charge < -0.3 is 18.9 Å². The van der Waals surface area contributed by atoms with E-state index in [1.54, 1.807) is 0 Å². The van der Waals surface area contributed by atoms with Crippen LogP contribution in [0.25, 0.3) is 0 Å². The number of phosphoric ester groups is 1. The van der Waals surface area contributed by atoms with Gasteiger partial charge in [0.05, 0.1) is 27.7 Å². The van der Waals surface area contributed by atoms with E-state index in [1.807, 2.05) is 21.1 Å². The molecule has 0 rings (SSSR count). The summed E-state index contributed by atoms with van der Waals surface area (Å²) in [5.74, 6) is -0.809. The Morgan fingerprint density at radius 1 is 0.416 bits per heavy atom. The Bertz CT molecular complexity index is 1480. The molecule has 1 N–H and O–H groups in total. The molecular weight excluding hydrogens is 978 g/mol. The summed E-state index contributed by atoms with van der Waals surface area (Å²) in [6, 6.07) is 0. The quantitative estimate of drug-likeness (QED) is 0.0211. The van der Waals surface area contributed by atoms with Crippen molar-refractivity contribution in [2.75, 3.05) is 47.5 Å². The van der Waals surface area contributed by atoms with Gasteiger partial charge in [0.1, 0.15) is 19.8 Å². The largest absolute Gasteiger partial charge is 0.472 e. The van der Waals surface area contributed by atoms with Gasteiger partial charge in [-0.2, -0.15) is 0 Å². The van der Waals surface area contributed by atoms with E-state index < -0.39 is 26.5 Å². The fourth-order valence-corrected chi connectivity index (χ4v) is 10.1. The van der Waals surface area contributed by atoms with Gasteiger partial charge in [0.25, 0.3) is 0 Å². The van der Waals surface area contributed by atoms with Crippen molar-refractivity contribution in [2.24, 2.45) is 0 Å². The summed E-state index contributed by atoms with van der Waals surface area (Å²) in [4.78, 5) is 35.8. The summed E-state index contributed by atoms with van der Waals surface area (Å²) in [7, 11) is 1.47. The van der Waals surface area contributed by atoms with Crippen LogP contribution in [0.4, 0.5) is 0 Å². The number of carbonyl (C=O) groups is 2. The molecule has 10 heteroatoms. The van der Waals surface area contributed by atoms with E-state index in [4.69, 9.17) is 18.5 Å². The molecule has 0 bridgehead atoms. The molecule has 77 heavy (non-hydrogen) atoms. The van der Waals surface area contributed by atoms with E-state index in [-0.39, 0.29) is 32.0 Å². The third kappa shape index (κ3) is 62.8. The Labute approximate surface area is 476 Å². The molecule has 0 amide bonds. The zero-order chi connectivity index (χ0) is 56.3. The van der Waals surface area contributed by atoms with E-state index in [9.17, 15) is 19.0 Å². The van der Waals surface area contributed by atoms with Gasteiger partial charge in [-0.15, -0.1) is 0 Å². The number of ether oxygens (including phenoxy) is 2. The molecule has 0 aromatic rings. The van der Waals surface area contributed by atoms with Gasteiger partial charge in [0.15, 0.2) is 6.10 Å². The smallest absolute Gasteiger partial charge is 0.462 e. The normalized spacial score (nSPS) is 13.6. The van der Waals surface area contributed by atoms with Crippen LogP contribution in [0.3, 0.4) is 0 Å². The van der Waals surface area contributed by atoms with Crippen LogP contribution >= 0.6 is 7.82 Å². The molecule has 0 fully saturated rings. The highest BCUT2D eigenvalue weighted by atomic mass is 31.2. The molecule has 450 valence electrons. The van der Waals surface area contributed by atoms with Crippen molar-refractivity contribution in [3.05, 3.63) is 60.8 Å². The van der Waals surface area contributed by atoms with Crippen LogP contribution in [-0.4, -0.2) is 74.9 Å². The van der Waals surface area contributed by atoms with Gasteiger partial charge in [-0.3, -0.25) is 18.6 Å². The number of allylic oxidation sites excluding steroid dienone is 10. The molecular formula is C67H125NO8P+. The minimum absolute atomic E-state index is 0.0266. The maximum absolute atomic E-state index is 12.8. The highest BCUT2D eigenvalue weighted by Crippen LogP contribution is 2.43. The highest BCUT2D eigenvalue weighted by molar-refractivity contribution is 7.47. The lowest BCUT2D eigenvalue weighted by atomic mass is 10.0. The Kier molecular flexibility index (Phi) is 56.6. The van der Waals surface area contributed by atoms with Crippen LogP contribution in [0.2, 0.25) is 0 Å². The average Bonchev–Trinajstić information content (AvgIpc) is 3.39. The monoisotopic (exact) mass is 1100 g/mol. The lowest BCUT2D eigenvalue weighted by molar-refractivity contribution is -0.870. The zero-order valence-corrected chi connectivity index (χ0v) is 52.1. The summed E-state index contributed by atoms with van der Waals surface area (Å²) in [5.41, 5.74) is 0. The number of rotatable bonds is 60. The number of carbonyl (C=O) groups excluding carboxylic acids is 2. The Morgan fingerprint density at radius 2 is 0.740 bits per heavy atom. The van der Waals surface area contributed by atoms with Crippen LogP contribution in [-0.2, 0) is 32.7 Å². The molecule has 2 atom stereocenters. The number of esters is 2. The molecule has 0 spiro atoms. The summed E-state index contributed by atoms with van der Waals surface area (Å²) in [6.07, 6.45) is 76.1. The molecule has 0 saturated heterocycles. The molecule has 0 aromatic carbocycles. The van der Waals surface area contributed by atoms with Crippen molar-refractivity contribution in [2.45, 2.75) is 309 Å². The first-order valence-electron chi connectivity index (χ1n) is 32.5. The lowest BCUT2D eigenvalue weighted by Crippen LogP contribution is -2.37. The van der Waals surface area contributed by atoms with Crippen LogP contribution in [0.1, 0.15) is 303 Å².